The lowest BCUT2D eigenvalue weighted by Gasteiger charge is -2.34. The zero-order valence-corrected chi connectivity index (χ0v) is 14.0. The fourth-order valence-corrected chi connectivity index (χ4v) is 3.28. The molecule has 2 aromatic rings. The highest BCUT2D eigenvalue weighted by atomic mass is 16.5. The molecule has 1 aromatic carbocycles. The van der Waals surface area contributed by atoms with Crippen molar-refractivity contribution in [3.8, 4) is 0 Å². The highest BCUT2D eigenvalue weighted by Crippen LogP contribution is 2.20. The SMILES string of the molecule is CN(CC(N)=O)C[C@@H]1CN(Cc2cccc3cnccc23)CCO1. The van der Waals surface area contributed by atoms with Gasteiger partial charge in [-0.1, -0.05) is 18.2 Å². The van der Waals surface area contributed by atoms with Crippen LogP contribution >= 0.6 is 0 Å². The maximum atomic E-state index is 11.0. The molecule has 0 unspecified atom stereocenters. The van der Waals surface area contributed by atoms with Gasteiger partial charge in [-0.2, -0.15) is 0 Å². The summed E-state index contributed by atoms with van der Waals surface area (Å²) in [5.74, 6) is -0.311. The zero-order chi connectivity index (χ0) is 16.9. The Balaban J connectivity index is 1.63. The van der Waals surface area contributed by atoms with Crippen LogP contribution in [0.15, 0.2) is 36.7 Å². The van der Waals surface area contributed by atoms with Crippen molar-refractivity contribution in [2.45, 2.75) is 12.6 Å². The fraction of sp³-hybridized carbons (Fsp3) is 0.444. The third-order valence-electron chi connectivity index (χ3n) is 4.33. The highest BCUT2D eigenvalue weighted by molar-refractivity contribution is 5.84. The fourth-order valence-electron chi connectivity index (χ4n) is 3.28. The second-order valence-electron chi connectivity index (χ2n) is 6.40. The summed E-state index contributed by atoms with van der Waals surface area (Å²) in [4.78, 5) is 19.5. The van der Waals surface area contributed by atoms with Crippen molar-refractivity contribution in [3.05, 3.63) is 42.2 Å². The summed E-state index contributed by atoms with van der Waals surface area (Å²) in [5.41, 5.74) is 6.55. The lowest BCUT2D eigenvalue weighted by Crippen LogP contribution is -2.47. The minimum Gasteiger partial charge on any atom is -0.374 e. The Morgan fingerprint density at radius 1 is 1.46 bits per heavy atom. The van der Waals surface area contributed by atoms with Crippen LogP contribution in [-0.4, -0.2) is 66.6 Å². The van der Waals surface area contributed by atoms with E-state index in [1.54, 1.807) is 0 Å². The summed E-state index contributed by atoms with van der Waals surface area (Å²) < 4.78 is 5.84. The van der Waals surface area contributed by atoms with E-state index in [1.165, 1.54) is 16.3 Å². The number of rotatable bonds is 6. The second-order valence-corrected chi connectivity index (χ2v) is 6.40. The Morgan fingerprint density at radius 2 is 2.33 bits per heavy atom. The number of nitrogens with two attached hydrogens (primary N) is 1. The largest absolute Gasteiger partial charge is 0.374 e. The Hall–Kier alpha value is -2.02. The van der Waals surface area contributed by atoms with Gasteiger partial charge in [-0.25, -0.2) is 0 Å². The molecule has 0 spiro atoms. The molecule has 1 amide bonds. The van der Waals surface area contributed by atoms with Crippen molar-refractivity contribution in [1.29, 1.82) is 0 Å². The molecule has 128 valence electrons. The number of nitrogens with zero attached hydrogens (tertiary/aromatic N) is 3. The van der Waals surface area contributed by atoms with Crippen molar-refractivity contribution in [1.82, 2.24) is 14.8 Å². The number of fused-ring (bicyclic) bond motifs is 1. The molecule has 0 radical (unpaired) electrons. The second kappa shape index (κ2) is 7.70. The monoisotopic (exact) mass is 328 g/mol. The lowest BCUT2D eigenvalue weighted by atomic mass is 10.1. The van der Waals surface area contributed by atoms with E-state index in [0.29, 0.717) is 13.2 Å². The first kappa shape index (κ1) is 16.8. The molecule has 1 aliphatic heterocycles. The van der Waals surface area contributed by atoms with Gasteiger partial charge in [-0.15, -0.1) is 0 Å². The van der Waals surface area contributed by atoms with E-state index in [2.05, 4.69) is 34.1 Å². The Labute approximate surface area is 142 Å². The van der Waals surface area contributed by atoms with Crippen molar-refractivity contribution >= 4 is 16.7 Å². The summed E-state index contributed by atoms with van der Waals surface area (Å²) >= 11 is 0. The predicted octanol–water partition coefficient (Wildman–Crippen LogP) is 0.853. The van der Waals surface area contributed by atoms with E-state index in [0.717, 1.165) is 19.6 Å². The number of hydrogen-bond donors (Lipinski definition) is 1. The number of likely N-dealkylation sites (N-methyl/N-ethyl adjacent to an activating group) is 1. The average molecular weight is 328 g/mol. The molecule has 6 heteroatoms. The topological polar surface area (TPSA) is 71.7 Å². The number of aromatic nitrogens is 1. The summed E-state index contributed by atoms with van der Waals surface area (Å²) in [7, 11) is 1.89. The molecule has 2 heterocycles. The highest BCUT2D eigenvalue weighted by Gasteiger charge is 2.22. The van der Waals surface area contributed by atoms with E-state index in [-0.39, 0.29) is 18.6 Å². The minimum absolute atomic E-state index is 0.0970. The normalized spacial score (nSPS) is 19.0. The molecule has 6 nitrogen and oxygen atoms in total. The molecule has 1 fully saturated rings. The third kappa shape index (κ3) is 4.29. The summed E-state index contributed by atoms with van der Waals surface area (Å²) in [6, 6.07) is 8.42. The quantitative estimate of drug-likeness (QED) is 0.851. The number of primary amides is 1. The molecular weight excluding hydrogens is 304 g/mol. The van der Waals surface area contributed by atoms with Gasteiger partial charge >= 0.3 is 0 Å². The first-order valence-electron chi connectivity index (χ1n) is 8.24. The molecule has 1 aromatic heterocycles. The minimum atomic E-state index is -0.311. The maximum Gasteiger partial charge on any atom is 0.231 e. The van der Waals surface area contributed by atoms with E-state index >= 15 is 0 Å². The maximum absolute atomic E-state index is 11.0. The Bertz CT molecular complexity index is 701. The van der Waals surface area contributed by atoms with Gasteiger partial charge in [0.2, 0.25) is 5.91 Å². The van der Waals surface area contributed by atoms with Gasteiger partial charge < -0.3 is 10.5 Å². The molecule has 0 saturated carbocycles. The van der Waals surface area contributed by atoms with Crippen LogP contribution in [0.1, 0.15) is 5.56 Å². The lowest BCUT2D eigenvalue weighted by molar-refractivity contribution is -0.119. The predicted molar refractivity (Wildman–Crippen MR) is 93.5 cm³/mol. The molecule has 1 saturated heterocycles. The standard InChI is InChI=1S/C18H24N4O2/c1-21(13-18(19)23)11-16-12-22(7-8-24-16)10-15-4-2-3-14-9-20-6-5-17(14)15/h2-6,9,16H,7-8,10-13H2,1H3,(H2,19,23)/t16-/m1/s1. The van der Waals surface area contributed by atoms with E-state index in [4.69, 9.17) is 10.5 Å². The summed E-state index contributed by atoms with van der Waals surface area (Å²) in [5, 5.41) is 2.42. The summed E-state index contributed by atoms with van der Waals surface area (Å²) in [6.07, 6.45) is 3.84. The smallest absolute Gasteiger partial charge is 0.231 e. The van der Waals surface area contributed by atoms with Gasteiger partial charge in [0.25, 0.3) is 0 Å². The van der Waals surface area contributed by atoms with Crippen LogP contribution in [-0.2, 0) is 16.1 Å². The number of benzene rings is 1. The number of amides is 1. The number of morpholine rings is 1. The number of pyridine rings is 1. The van der Waals surface area contributed by atoms with Crippen LogP contribution in [0, 0.1) is 0 Å². The van der Waals surface area contributed by atoms with E-state index < -0.39 is 0 Å². The van der Waals surface area contributed by atoms with Crippen molar-refractivity contribution in [2.75, 3.05) is 39.8 Å². The van der Waals surface area contributed by atoms with Crippen molar-refractivity contribution in [3.63, 3.8) is 0 Å². The van der Waals surface area contributed by atoms with Gasteiger partial charge in [-0.05, 0) is 24.1 Å². The molecule has 1 atom stereocenters. The van der Waals surface area contributed by atoms with E-state index in [1.807, 2.05) is 24.3 Å². The average Bonchev–Trinajstić information content (AvgIpc) is 2.55. The van der Waals surface area contributed by atoms with Crippen LogP contribution in [0.25, 0.3) is 10.8 Å². The first-order chi connectivity index (χ1) is 11.6. The van der Waals surface area contributed by atoms with Crippen molar-refractivity contribution < 1.29 is 9.53 Å². The van der Waals surface area contributed by atoms with Crippen LogP contribution in [0.3, 0.4) is 0 Å². The third-order valence-corrected chi connectivity index (χ3v) is 4.33. The number of carbonyl (C=O) groups excluding carboxylic acids is 1. The van der Waals surface area contributed by atoms with Crippen LogP contribution in [0.5, 0.6) is 0 Å². The summed E-state index contributed by atoms with van der Waals surface area (Å²) in [6.45, 7) is 4.33. The molecule has 0 bridgehead atoms. The van der Waals surface area contributed by atoms with Crippen molar-refractivity contribution in [2.24, 2.45) is 5.73 Å². The number of carbonyl (C=O) groups is 1. The van der Waals surface area contributed by atoms with Gasteiger partial charge in [0.05, 0.1) is 19.3 Å². The zero-order valence-electron chi connectivity index (χ0n) is 14.0. The van der Waals surface area contributed by atoms with Crippen LogP contribution in [0.2, 0.25) is 0 Å². The van der Waals surface area contributed by atoms with Gasteiger partial charge in [0, 0.05) is 44.0 Å². The Kier molecular flexibility index (Phi) is 5.40. The first-order valence-corrected chi connectivity index (χ1v) is 8.24. The number of hydrogen-bond acceptors (Lipinski definition) is 5. The van der Waals surface area contributed by atoms with E-state index in [9.17, 15) is 4.79 Å². The number of ether oxygens (including phenoxy) is 1. The van der Waals surface area contributed by atoms with Gasteiger partial charge in [-0.3, -0.25) is 19.6 Å². The Morgan fingerprint density at radius 3 is 3.17 bits per heavy atom. The van der Waals surface area contributed by atoms with Gasteiger partial charge in [0.1, 0.15) is 0 Å². The molecule has 2 N–H and O–H groups in total. The molecule has 0 aliphatic carbocycles. The van der Waals surface area contributed by atoms with Gasteiger partial charge in [0.15, 0.2) is 0 Å². The molecule has 3 rings (SSSR count). The van der Waals surface area contributed by atoms with Crippen LogP contribution < -0.4 is 5.73 Å². The molecule has 1 aliphatic rings. The van der Waals surface area contributed by atoms with Crippen LogP contribution in [0.4, 0.5) is 0 Å². The molecular formula is C18H24N4O2. The molecule has 24 heavy (non-hydrogen) atoms.